The minimum Gasteiger partial charge on any atom is -0.494 e. The van der Waals surface area contributed by atoms with E-state index in [2.05, 4.69) is 5.48 Å². The van der Waals surface area contributed by atoms with Crippen molar-refractivity contribution < 1.29 is 9.57 Å². The second kappa shape index (κ2) is 7.28. The molecule has 4 nitrogen and oxygen atoms in total. The van der Waals surface area contributed by atoms with Crippen molar-refractivity contribution in [3.63, 3.8) is 0 Å². The minimum atomic E-state index is 0.587. The van der Waals surface area contributed by atoms with Crippen LogP contribution in [0.3, 0.4) is 0 Å². The van der Waals surface area contributed by atoms with E-state index in [0.717, 1.165) is 23.5 Å². The lowest BCUT2D eigenvalue weighted by atomic mass is 10.3. The number of hydrogen-bond donors (Lipinski definition) is 2. The summed E-state index contributed by atoms with van der Waals surface area (Å²) in [5, 5.41) is 0. The summed E-state index contributed by atoms with van der Waals surface area (Å²) in [5.41, 5.74) is 10.2. The van der Waals surface area contributed by atoms with E-state index in [1.54, 1.807) is 0 Å². The monoisotopic (exact) mass is 258 g/mol. The molecular weight excluding hydrogens is 240 g/mol. The maximum atomic E-state index is 5.59. The number of nitrogens with one attached hydrogen (secondary N) is 1. The lowest BCUT2D eigenvalue weighted by Gasteiger charge is -2.08. The Bertz CT molecular complexity index is 471. The number of anilines is 2. The molecule has 2 rings (SSSR count). The Labute approximate surface area is 113 Å². The second-order valence-corrected chi connectivity index (χ2v) is 4.09. The normalized spacial score (nSPS) is 10.1. The Morgan fingerprint density at radius 1 is 0.895 bits per heavy atom. The van der Waals surface area contributed by atoms with E-state index < -0.39 is 0 Å². The molecule has 0 bridgehead atoms. The number of rotatable bonds is 7. The van der Waals surface area contributed by atoms with Crippen LogP contribution in [0.25, 0.3) is 0 Å². The highest BCUT2D eigenvalue weighted by Gasteiger charge is 1.94. The highest BCUT2D eigenvalue weighted by Crippen LogP contribution is 2.13. The van der Waals surface area contributed by atoms with Crippen molar-refractivity contribution in [1.82, 2.24) is 0 Å². The zero-order chi connectivity index (χ0) is 13.3. The third-order valence-corrected chi connectivity index (χ3v) is 2.50. The van der Waals surface area contributed by atoms with Crippen LogP contribution >= 0.6 is 0 Å². The number of benzene rings is 2. The standard InChI is InChI=1S/C15H18N2O2/c16-13-7-9-15(10-8-13)18-11-4-12-19-17-14-5-2-1-3-6-14/h1-3,5-10,17H,4,11-12,16H2. The molecule has 0 radical (unpaired) electrons. The lowest BCUT2D eigenvalue weighted by Crippen LogP contribution is -2.07. The van der Waals surface area contributed by atoms with Crippen molar-refractivity contribution in [2.24, 2.45) is 0 Å². The van der Waals surface area contributed by atoms with Gasteiger partial charge in [-0.3, -0.25) is 10.3 Å². The third kappa shape index (κ3) is 4.89. The molecule has 0 heterocycles. The fourth-order valence-corrected chi connectivity index (χ4v) is 1.53. The van der Waals surface area contributed by atoms with Gasteiger partial charge in [0, 0.05) is 12.1 Å². The predicted octanol–water partition coefficient (Wildman–Crippen LogP) is 3.08. The first kappa shape index (κ1) is 13.2. The Morgan fingerprint density at radius 2 is 1.63 bits per heavy atom. The topological polar surface area (TPSA) is 56.5 Å². The van der Waals surface area contributed by atoms with Crippen molar-refractivity contribution in [1.29, 1.82) is 0 Å². The van der Waals surface area contributed by atoms with Gasteiger partial charge in [0.2, 0.25) is 0 Å². The van der Waals surface area contributed by atoms with Crippen LogP contribution in [-0.2, 0) is 4.84 Å². The summed E-state index contributed by atoms with van der Waals surface area (Å²) in [6.07, 6.45) is 0.810. The number of hydrogen-bond acceptors (Lipinski definition) is 4. The van der Waals surface area contributed by atoms with E-state index in [9.17, 15) is 0 Å². The third-order valence-electron chi connectivity index (χ3n) is 2.50. The number of nitrogens with two attached hydrogens (primary N) is 1. The number of para-hydroxylation sites is 1. The summed E-state index contributed by atoms with van der Waals surface area (Å²) >= 11 is 0. The van der Waals surface area contributed by atoms with E-state index in [1.165, 1.54) is 0 Å². The Hall–Kier alpha value is -2.20. The average molecular weight is 258 g/mol. The summed E-state index contributed by atoms with van der Waals surface area (Å²) in [4.78, 5) is 5.33. The highest BCUT2D eigenvalue weighted by molar-refractivity contribution is 5.41. The van der Waals surface area contributed by atoms with E-state index in [0.29, 0.717) is 13.2 Å². The SMILES string of the molecule is Nc1ccc(OCCCONc2ccccc2)cc1. The van der Waals surface area contributed by atoms with Gasteiger partial charge in [-0.1, -0.05) is 18.2 Å². The van der Waals surface area contributed by atoms with E-state index in [1.807, 2.05) is 54.6 Å². The van der Waals surface area contributed by atoms with Gasteiger partial charge >= 0.3 is 0 Å². The molecule has 2 aromatic rings. The van der Waals surface area contributed by atoms with Crippen LogP contribution in [0.1, 0.15) is 6.42 Å². The van der Waals surface area contributed by atoms with Crippen LogP contribution in [0, 0.1) is 0 Å². The van der Waals surface area contributed by atoms with Gasteiger partial charge in [-0.25, -0.2) is 0 Å². The van der Waals surface area contributed by atoms with Crippen molar-refractivity contribution in [3.8, 4) is 5.75 Å². The van der Waals surface area contributed by atoms with Gasteiger partial charge in [0.25, 0.3) is 0 Å². The van der Waals surface area contributed by atoms with Gasteiger partial charge in [-0.2, -0.15) is 0 Å². The van der Waals surface area contributed by atoms with Crippen molar-refractivity contribution in [3.05, 3.63) is 54.6 Å². The molecule has 0 aromatic heterocycles. The molecule has 19 heavy (non-hydrogen) atoms. The molecule has 3 N–H and O–H groups in total. The molecule has 100 valence electrons. The van der Waals surface area contributed by atoms with Gasteiger partial charge in [-0.05, 0) is 36.4 Å². The Balaban J connectivity index is 1.56. The highest BCUT2D eigenvalue weighted by atomic mass is 16.6. The molecule has 0 spiro atoms. The second-order valence-electron chi connectivity index (χ2n) is 4.09. The summed E-state index contributed by atoms with van der Waals surface area (Å²) in [7, 11) is 0. The summed E-state index contributed by atoms with van der Waals surface area (Å²) in [6.45, 7) is 1.20. The molecule has 0 saturated heterocycles. The quantitative estimate of drug-likeness (QED) is 0.455. The van der Waals surface area contributed by atoms with Gasteiger partial charge in [-0.15, -0.1) is 0 Å². The fraction of sp³-hybridized carbons (Fsp3) is 0.200. The first-order valence-electron chi connectivity index (χ1n) is 6.26. The molecule has 0 aliphatic heterocycles. The minimum absolute atomic E-state index is 0.587. The molecule has 0 saturated carbocycles. The van der Waals surface area contributed by atoms with Gasteiger partial charge in [0.05, 0.1) is 18.9 Å². The van der Waals surface area contributed by atoms with E-state index in [4.69, 9.17) is 15.3 Å². The Morgan fingerprint density at radius 3 is 2.37 bits per heavy atom. The van der Waals surface area contributed by atoms with Gasteiger partial charge in [0.1, 0.15) is 5.75 Å². The summed E-state index contributed by atoms with van der Waals surface area (Å²) in [5.74, 6) is 0.824. The van der Waals surface area contributed by atoms with Crippen molar-refractivity contribution in [2.75, 3.05) is 24.4 Å². The van der Waals surface area contributed by atoms with Gasteiger partial charge in [0.15, 0.2) is 0 Å². The maximum Gasteiger partial charge on any atom is 0.119 e. The Kier molecular flexibility index (Phi) is 5.07. The molecule has 2 aromatic carbocycles. The molecule has 4 heteroatoms. The summed E-state index contributed by atoms with van der Waals surface area (Å²) in [6, 6.07) is 17.1. The van der Waals surface area contributed by atoms with Crippen molar-refractivity contribution in [2.45, 2.75) is 6.42 Å². The predicted molar refractivity (Wildman–Crippen MR) is 77.0 cm³/mol. The van der Waals surface area contributed by atoms with Crippen LogP contribution in [0.2, 0.25) is 0 Å². The molecule has 0 aliphatic carbocycles. The molecule has 0 aliphatic rings. The first-order chi connectivity index (χ1) is 9.34. The zero-order valence-corrected chi connectivity index (χ0v) is 10.7. The van der Waals surface area contributed by atoms with Crippen LogP contribution in [0.4, 0.5) is 11.4 Å². The maximum absolute atomic E-state index is 5.59. The molecule has 0 amide bonds. The van der Waals surface area contributed by atoms with Crippen LogP contribution < -0.4 is 16.0 Å². The lowest BCUT2D eigenvalue weighted by molar-refractivity contribution is 0.168. The van der Waals surface area contributed by atoms with Crippen LogP contribution in [0.5, 0.6) is 5.75 Å². The van der Waals surface area contributed by atoms with Crippen LogP contribution in [-0.4, -0.2) is 13.2 Å². The average Bonchev–Trinajstić information content (AvgIpc) is 2.46. The molecule has 0 atom stereocenters. The van der Waals surface area contributed by atoms with Crippen LogP contribution in [0.15, 0.2) is 54.6 Å². The summed E-state index contributed by atoms with van der Waals surface area (Å²) < 4.78 is 5.55. The largest absolute Gasteiger partial charge is 0.494 e. The number of ether oxygens (including phenoxy) is 1. The first-order valence-corrected chi connectivity index (χ1v) is 6.26. The molecule has 0 unspecified atom stereocenters. The smallest absolute Gasteiger partial charge is 0.119 e. The van der Waals surface area contributed by atoms with E-state index >= 15 is 0 Å². The molecule has 0 fully saturated rings. The van der Waals surface area contributed by atoms with E-state index in [-0.39, 0.29) is 0 Å². The van der Waals surface area contributed by atoms with Crippen molar-refractivity contribution >= 4 is 11.4 Å². The van der Waals surface area contributed by atoms with Gasteiger partial charge < -0.3 is 10.5 Å². The molecular formula is C15H18N2O2. The number of nitrogen functional groups attached to an aromatic ring is 1. The fourth-order valence-electron chi connectivity index (χ4n) is 1.53. The zero-order valence-electron chi connectivity index (χ0n) is 10.7.